The molecule has 0 aliphatic carbocycles. The van der Waals surface area contributed by atoms with Gasteiger partial charge in [-0.05, 0) is 163 Å². The van der Waals surface area contributed by atoms with Crippen molar-refractivity contribution < 1.29 is 29.9 Å². The van der Waals surface area contributed by atoms with E-state index in [4.69, 9.17) is 9.47 Å². The fourth-order valence-corrected chi connectivity index (χ4v) is 11.9. The van der Waals surface area contributed by atoms with Gasteiger partial charge in [0, 0.05) is 22.3 Å². The Morgan fingerprint density at radius 1 is 0.270 bits per heavy atom. The van der Waals surface area contributed by atoms with Crippen molar-refractivity contribution in [2.45, 2.75) is 24.7 Å². The lowest BCUT2D eigenvalue weighted by Gasteiger charge is -2.40. The number of rotatable bonds is 4. The summed E-state index contributed by atoms with van der Waals surface area (Å²) in [7, 11) is 0. The van der Waals surface area contributed by atoms with Gasteiger partial charge in [-0.3, -0.25) is 0 Å². The van der Waals surface area contributed by atoms with Crippen LogP contribution in [0.25, 0.3) is 65.3 Å². The van der Waals surface area contributed by atoms with Crippen molar-refractivity contribution in [2.75, 3.05) is 0 Å². The van der Waals surface area contributed by atoms with Crippen LogP contribution in [0.15, 0.2) is 231 Å². The maximum atomic E-state index is 10.5. The van der Waals surface area contributed by atoms with E-state index in [9.17, 15) is 20.4 Å². The zero-order valence-corrected chi connectivity index (χ0v) is 40.5. The highest BCUT2D eigenvalue weighted by molar-refractivity contribution is 5.99. The molecule has 4 N–H and O–H groups in total. The van der Waals surface area contributed by atoms with E-state index in [0.717, 1.165) is 116 Å². The predicted molar refractivity (Wildman–Crippen MR) is 297 cm³/mol. The van der Waals surface area contributed by atoms with Crippen molar-refractivity contribution in [3.8, 4) is 68.2 Å². The quantitative estimate of drug-likeness (QED) is 0.140. The Kier molecular flexibility index (Phi) is 10.2. The fourth-order valence-electron chi connectivity index (χ4n) is 11.9. The first-order chi connectivity index (χ1) is 36.0. The van der Waals surface area contributed by atoms with Gasteiger partial charge in [0.25, 0.3) is 0 Å². The van der Waals surface area contributed by atoms with Crippen molar-refractivity contribution in [2.24, 2.45) is 0 Å². The number of hydrogen-bond donors (Lipinski definition) is 4. The Balaban J connectivity index is 0.000000143. The maximum Gasteiger partial charge on any atom is 0.132 e. The van der Waals surface area contributed by atoms with Crippen molar-refractivity contribution >= 4 is 43.1 Å². The molecule has 0 saturated heterocycles. The molecule has 356 valence electrons. The molecule has 6 nitrogen and oxygen atoms in total. The molecule has 0 saturated carbocycles. The summed E-state index contributed by atoms with van der Waals surface area (Å²) in [5.41, 5.74) is 9.81. The van der Waals surface area contributed by atoms with Crippen LogP contribution in [0.2, 0.25) is 0 Å². The van der Waals surface area contributed by atoms with E-state index >= 15 is 0 Å². The molecular formula is C68H48O6. The van der Waals surface area contributed by atoms with Crippen LogP contribution in [0, 0.1) is 0 Å². The molecule has 0 atom stereocenters. The average molecular weight is 961 g/mol. The van der Waals surface area contributed by atoms with Crippen LogP contribution < -0.4 is 9.47 Å². The van der Waals surface area contributed by atoms with E-state index in [1.54, 1.807) is 36.4 Å². The minimum absolute atomic E-state index is 0.212. The van der Waals surface area contributed by atoms with E-state index in [0.29, 0.717) is 0 Å². The van der Waals surface area contributed by atoms with Gasteiger partial charge < -0.3 is 29.9 Å². The summed E-state index contributed by atoms with van der Waals surface area (Å²) >= 11 is 0. The highest BCUT2D eigenvalue weighted by Gasteiger charge is 2.44. The third-order valence-corrected chi connectivity index (χ3v) is 15.4. The van der Waals surface area contributed by atoms with Crippen LogP contribution in [0.4, 0.5) is 0 Å². The van der Waals surface area contributed by atoms with Crippen LogP contribution in [0.3, 0.4) is 0 Å². The minimum Gasteiger partial charge on any atom is -0.508 e. The second-order valence-corrected chi connectivity index (χ2v) is 19.7. The first kappa shape index (κ1) is 44.4. The summed E-state index contributed by atoms with van der Waals surface area (Å²) in [5.74, 6) is 4.03. The van der Waals surface area contributed by atoms with Gasteiger partial charge in [0.1, 0.15) is 46.0 Å². The second kappa shape index (κ2) is 17.1. The summed E-state index contributed by atoms with van der Waals surface area (Å²) in [6, 6.07) is 76.2. The molecule has 6 heteroatoms. The Hall–Kier alpha value is -9.52. The topological polar surface area (TPSA) is 99.4 Å². The van der Waals surface area contributed by atoms with Crippen molar-refractivity contribution in [3.63, 3.8) is 0 Å². The molecule has 0 spiro atoms. The minimum atomic E-state index is -0.626. The molecule has 14 rings (SSSR count). The molecular weight excluding hydrogens is 913 g/mol. The third kappa shape index (κ3) is 7.09. The van der Waals surface area contributed by atoms with E-state index in [1.165, 1.54) is 5.56 Å². The number of phenols is 4. The normalized spacial score (nSPS) is 13.6. The fraction of sp³-hybridized carbons (Fsp3) is 0.0588. The van der Waals surface area contributed by atoms with E-state index < -0.39 is 10.8 Å². The molecule has 2 heterocycles. The second-order valence-electron chi connectivity index (χ2n) is 19.7. The Morgan fingerprint density at radius 2 is 0.568 bits per heavy atom. The van der Waals surface area contributed by atoms with Crippen LogP contribution in [-0.4, -0.2) is 20.4 Å². The first-order valence-electron chi connectivity index (χ1n) is 24.8. The van der Waals surface area contributed by atoms with Crippen LogP contribution >= 0.6 is 0 Å². The standard InChI is InChI=1S/2C34H24O3/c1-34(25-13-7-22(8-14-25)21-5-3-2-4-6-21)32-28-19-26(35)15-9-23(28)11-17-30(32)37-31-18-12-24-10-16-27(36)20-29(24)33(31)34;1-34(25-11-7-22(8-12-25)21-5-3-2-4-6-21)32-28-15-13-26(35)19-23(28)9-17-30(32)37-31-18-10-24-20-27(36)14-16-29(24)33(31)34/h2*2-20,35-36H,1H3. The number of aromatic hydroxyl groups is 4. The first-order valence-corrected chi connectivity index (χ1v) is 24.8. The van der Waals surface area contributed by atoms with E-state index in [-0.39, 0.29) is 23.0 Å². The van der Waals surface area contributed by atoms with Crippen molar-refractivity contribution in [1.29, 1.82) is 0 Å². The van der Waals surface area contributed by atoms with Crippen LogP contribution in [0.5, 0.6) is 46.0 Å². The van der Waals surface area contributed by atoms with Crippen LogP contribution in [0.1, 0.15) is 47.2 Å². The predicted octanol–water partition coefficient (Wildman–Crippen LogP) is 17.1. The SMILES string of the molecule is CC1(c2ccc(-c3ccccc3)cc2)c2c(ccc3cc(O)ccc23)Oc2ccc3cc(O)ccc3c21.CC1(c2ccc(-c3ccccc3)cc2)c2c(ccc3ccc(O)cc23)Oc2ccc3ccc(O)cc3c21. The molecule has 0 radical (unpaired) electrons. The summed E-state index contributed by atoms with van der Waals surface area (Å²) < 4.78 is 13.1. The largest absolute Gasteiger partial charge is 0.508 e. The van der Waals surface area contributed by atoms with Gasteiger partial charge in [0.2, 0.25) is 0 Å². The highest BCUT2D eigenvalue weighted by atomic mass is 16.5. The molecule has 0 bridgehead atoms. The Labute approximate surface area is 427 Å². The molecule has 74 heavy (non-hydrogen) atoms. The molecule has 0 aromatic heterocycles. The number of benzene rings is 12. The molecule has 12 aromatic carbocycles. The molecule has 12 aromatic rings. The average Bonchev–Trinajstić information content (AvgIpc) is 3.50. The monoisotopic (exact) mass is 960 g/mol. The molecule has 0 amide bonds. The van der Waals surface area contributed by atoms with Gasteiger partial charge in [0.05, 0.1) is 10.8 Å². The highest BCUT2D eigenvalue weighted by Crippen LogP contribution is 2.58. The van der Waals surface area contributed by atoms with Crippen molar-refractivity contribution in [3.05, 3.63) is 264 Å². The number of fused-ring (bicyclic) bond motifs is 12. The van der Waals surface area contributed by atoms with E-state index in [1.807, 2.05) is 109 Å². The lowest BCUT2D eigenvalue weighted by atomic mass is 9.66. The maximum absolute atomic E-state index is 10.5. The zero-order valence-electron chi connectivity index (χ0n) is 40.5. The van der Waals surface area contributed by atoms with Gasteiger partial charge >= 0.3 is 0 Å². The van der Waals surface area contributed by atoms with Gasteiger partial charge in [0.15, 0.2) is 0 Å². The van der Waals surface area contributed by atoms with Crippen molar-refractivity contribution in [1.82, 2.24) is 0 Å². The van der Waals surface area contributed by atoms with Gasteiger partial charge in [-0.25, -0.2) is 0 Å². The zero-order chi connectivity index (χ0) is 50.3. The smallest absolute Gasteiger partial charge is 0.132 e. The summed E-state index contributed by atoms with van der Waals surface area (Å²) in [6.45, 7) is 4.47. The summed E-state index contributed by atoms with van der Waals surface area (Å²) in [6.07, 6.45) is 0. The number of hydrogen-bond acceptors (Lipinski definition) is 6. The molecule has 0 unspecified atom stereocenters. The van der Waals surface area contributed by atoms with Gasteiger partial charge in [-0.2, -0.15) is 0 Å². The molecule has 2 aliphatic heterocycles. The summed E-state index contributed by atoms with van der Waals surface area (Å²) in [4.78, 5) is 0. The molecule has 0 fully saturated rings. The molecule has 2 aliphatic rings. The van der Waals surface area contributed by atoms with Gasteiger partial charge in [-0.1, -0.05) is 158 Å². The van der Waals surface area contributed by atoms with Crippen LogP contribution in [-0.2, 0) is 10.8 Å². The van der Waals surface area contributed by atoms with Gasteiger partial charge in [-0.15, -0.1) is 0 Å². The number of ether oxygens (including phenoxy) is 2. The lowest BCUT2D eigenvalue weighted by Crippen LogP contribution is -2.30. The lowest BCUT2D eigenvalue weighted by molar-refractivity contribution is 0.431. The number of phenolic OH excluding ortho intramolecular Hbond substituents is 4. The Morgan fingerprint density at radius 3 is 0.946 bits per heavy atom. The van der Waals surface area contributed by atoms with E-state index in [2.05, 4.69) is 98.8 Å². The third-order valence-electron chi connectivity index (χ3n) is 15.4. The summed E-state index contributed by atoms with van der Waals surface area (Å²) in [5, 5.41) is 49.2. The Bertz CT molecular complexity index is 4000.